The number of fused-ring (bicyclic) bond motifs is 3. The highest BCUT2D eigenvalue weighted by Crippen LogP contribution is 2.38. The quantitative estimate of drug-likeness (QED) is 0.860. The second kappa shape index (κ2) is 4.07. The van der Waals surface area contributed by atoms with Crippen LogP contribution in [0.5, 0.6) is 0 Å². The maximum Gasteiger partial charge on any atom is 0.152 e. The SMILES string of the molecule is CC1(c2ccccn2)Nc2ccccc2C2=NCCN21. The van der Waals surface area contributed by atoms with Crippen LogP contribution < -0.4 is 5.32 Å². The average Bonchev–Trinajstić information content (AvgIpc) is 2.99. The van der Waals surface area contributed by atoms with Crippen molar-refractivity contribution in [1.82, 2.24) is 9.88 Å². The van der Waals surface area contributed by atoms with Gasteiger partial charge in [-0.3, -0.25) is 9.98 Å². The fourth-order valence-electron chi connectivity index (χ4n) is 3.08. The van der Waals surface area contributed by atoms with E-state index in [9.17, 15) is 0 Å². The summed E-state index contributed by atoms with van der Waals surface area (Å²) in [6.45, 7) is 3.93. The number of nitrogens with zero attached hydrogens (tertiary/aromatic N) is 3. The molecule has 0 bridgehead atoms. The Kier molecular flexibility index (Phi) is 2.33. The lowest BCUT2D eigenvalue weighted by atomic mass is 9.97. The van der Waals surface area contributed by atoms with Crippen molar-refractivity contribution in [2.75, 3.05) is 18.4 Å². The number of aromatic nitrogens is 1. The van der Waals surface area contributed by atoms with Gasteiger partial charge in [-0.2, -0.15) is 0 Å². The highest BCUT2D eigenvalue weighted by atomic mass is 15.4. The van der Waals surface area contributed by atoms with Gasteiger partial charge in [0, 0.05) is 24.0 Å². The minimum absolute atomic E-state index is 0.342. The normalized spacial score (nSPS) is 23.6. The summed E-state index contributed by atoms with van der Waals surface area (Å²) in [5, 5.41) is 3.64. The number of benzene rings is 1. The molecule has 3 heterocycles. The smallest absolute Gasteiger partial charge is 0.152 e. The Bertz CT molecular complexity index is 680. The molecule has 4 heteroatoms. The van der Waals surface area contributed by atoms with Gasteiger partial charge in [0.15, 0.2) is 5.66 Å². The highest BCUT2D eigenvalue weighted by Gasteiger charge is 2.43. The summed E-state index contributed by atoms with van der Waals surface area (Å²) in [7, 11) is 0. The van der Waals surface area contributed by atoms with E-state index in [1.54, 1.807) is 0 Å². The van der Waals surface area contributed by atoms with Crippen molar-refractivity contribution in [2.24, 2.45) is 4.99 Å². The summed E-state index contributed by atoms with van der Waals surface area (Å²) in [4.78, 5) is 11.6. The molecule has 1 N–H and O–H groups in total. The maximum absolute atomic E-state index is 4.69. The van der Waals surface area contributed by atoms with E-state index in [2.05, 4.69) is 52.5 Å². The molecule has 4 nitrogen and oxygen atoms in total. The first-order chi connectivity index (χ1) is 9.79. The first kappa shape index (κ1) is 11.5. The molecule has 4 rings (SSSR count). The van der Waals surface area contributed by atoms with Gasteiger partial charge >= 0.3 is 0 Å². The molecule has 0 saturated carbocycles. The Morgan fingerprint density at radius 1 is 1.15 bits per heavy atom. The number of aliphatic imine (C=N–C) groups is 1. The monoisotopic (exact) mass is 264 g/mol. The average molecular weight is 264 g/mol. The molecule has 0 radical (unpaired) electrons. The molecular weight excluding hydrogens is 248 g/mol. The minimum atomic E-state index is -0.342. The molecule has 0 spiro atoms. The Balaban J connectivity index is 1.90. The highest BCUT2D eigenvalue weighted by molar-refractivity contribution is 6.06. The van der Waals surface area contributed by atoms with Crippen LogP contribution in [0.25, 0.3) is 0 Å². The van der Waals surface area contributed by atoms with Crippen LogP contribution in [-0.4, -0.2) is 28.8 Å². The van der Waals surface area contributed by atoms with Gasteiger partial charge in [-0.25, -0.2) is 0 Å². The zero-order valence-corrected chi connectivity index (χ0v) is 11.4. The molecule has 1 atom stereocenters. The van der Waals surface area contributed by atoms with Crippen molar-refractivity contribution in [2.45, 2.75) is 12.6 Å². The summed E-state index contributed by atoms with van der Waals surface area (Å²) < 4.78 is 0. The van der Waals surface area contributed by atoms with Gasteiger partial charge < -0.3 is 10.2 Å². The Hall–Kier alpha value is -2.36. The van der Waals surface area contributed by atoms with Gasteiger partial charge in [-0.15, -0.1) is 0 Å². The molecule has 20 heavy (non-hydrogen) atoms. The van der Waals surface area contributed by atoms with E-state index in [1.165, 1.54) is 5.56 Å². The van der Waals surface area contributed by atoms with Gasteiger partial charge in [0.2, 0.25) is 0 Å². The van der Waals surface area contributed by atoms with Crippen molar-refractivity contribution in [1.29, 1.82) is 0 Å². The predicted molar refractivity (Wildman–Crippen MR) is 79.8 cm³/mol. The Morgan fingerprint density at radius 2 is 2.00 bits per heavy atom. The van der Waals surface area contributed by atoms with E-state index in [1.807, 2.05) is 18.3 Å². The Labute approximate surface area is 118 Å². The number of hydrogen-bond acceptors (Lipinski definition) is 4. The van der Waals surface area contributed by atoms with Crippen molar-refractivity contribution in [3.05, 3.63) is 59.9 Å². The molecule has 2 aliphatic heterocycles. The zero-order valence-electron chi connectivity index (χ0n) is 11.4. The largest absolute Gasteiger partial charge is 0.357 e. The summed E-state index contributed by atoms with van der Waals surface area (Å²) in [5.74, 6) is 1.08. The lowest BCUT2D eigenvalue weighted by Crippen LogP contribution is -2.55. The van der Waals surface area contributed by atoms with Crippen LogP contribution in [-0.2, 0) is 5.66 Å². The Morgan fingerprint density at radius 3 is 2.85 bits per heavy atom. The first-order valence-electron chi connectivity index (χ1n) is 6.90. The number of amidine groups is 1. The van der Waals surface area contributed by atoms with Gasteiger partial charge in [0.1, 0.15) is 5.84 Å². The van der Waals surface area contributed by atoms with Crippen molar-refractivity contribution in [3.63, 3.8) is 0 Å². The van der Waals surface area contributed by atoms with E-state index in [0.29, 0.717) is 0 Å². The topological polar surface area (TPSA) is 40.5 Å². The van der Waals surface area contributed by atoms with Gasteiger partial charge in [-0.1, -0.05) is 18.2 Å². The van der Waals surface area contributed by atoms with Crippen molar-refractivity contribution >= 4 is 11.5 Å². The van der Waals surface area contributed by atoms with E-state index >= 15 is 0 Å². The molecule has 1 aromatic carbocycles. The van der Waals surface area contributed by atoms with Gasteiger partial charge in [0.05, 0.1) is 12.2 Å². The molecule has 100 valence electrons. The van der Waals surface area contributed by atoms with Crippen molar-refractivity contribution < 1.29 is 0 Å². The number of nitrogens with one attached hydrogen (secondary N) is 1. The molecule has 0 saturated heterocycles. The van der Waals surface area contributed by atoms with Crippen LogP contribution >= 0.6 is 0 Å². The summed E-state index contributed by atoms with van der Waals surface area (Å²) >= 11 is 0. The van der Waals surface area contributed by atoms with Gasteiger partial charge in [-0.05, 0) is 31.2 Å². The van der Waals surface area contributed by atoms with Gasteiger partial charge in [0.25, 0.3) is 0 Å². The first-order valence-corrected chi connectivity index (χ1v) is 6.90. The second-order valence-corrected chi connectivity index (χ2v) is 5.31. The number of anilines is 1. The van der Waals surface area contributed by atoms with Crippen LogP contribution in [0.3, 0.4) is 0 Å². The van der Waals surface area contributed by atoms with Crippen LogP contribution in [0, 0.1) is 0 Å². The molecular formula is C16H16N4. The van der Waals surface area contributed by atoms with Crippen LogP contribution in [0.2, 0.25) is 0 Å². The summed E-state index contributed by atoms with van der Waals surface area (Å²) in [5.41, 5.74) is 2.98. The number of hydrogen-bond donors (Lipinski definition) is 1. The summed E-state index contributed by atoms with van der Waals surface area (Å²) in [6, 6.07) is 14.4. The van der Waals surface area contributed by atoms with Crippen LogP contribution in [0.1, 0.15) is 18.2 Å². The predicted octanol–water partition coefficient (Wildman–Crippen LogP) is 2.44. The lowest BCUT2D eigenvalue weighted by molar-refractivity contribution is 0.236. The fourth-order valence-corrected chi connectivity index (χ4v) is 3.08. The minimum Gasteiger partial charge on any atom is -0.357 e. The molecule has 1 aromatic heterocycles. The second-order valence-electron chi connectivity index (χ2n) is 5.31. The maximum atomic E-state index is 4.69. The third kappa shape index (κ3) is 1.48. The molecule has 0 amide bonds. The third-order valence-electron chi connectivity index (χ3n) is 4.09. The number of para-hydroxylation sites is 1. The third-order valence-corrected chi connectivity index (χ3v) is 4.09. The summed E-state index contributed by atoms with van der Waals surface area (Å²) in [6.07, 6.45) is 1.84. The van der Waals surface area contributed by atoms with Crippen molar-refractivity contribution in [3.8, 4) is 0 Å². The molecule has 1 unspecified atom stereocenters. The van der Waals surface area contributed by atoms with Crippen LogP contribution in [0.4, 0.5) is 5.69 Å². The fraction of sp³-hybridized carbons (Fsp3) is 0.250. The number of rotatable bonds is 1. The van der Waals surface area contributed by atoms with E-state index in [0.717, 1.165) is 30.3 Å². The molecule has 0 fully saturated rings. The van der Waals surface area contributed by atoms with E-state index in [4.69, 9.17) is 4.99 Å². The lowest BCUT2D eigenvalue weighted by Gasteiger charge is -2.45. The van der Waals surface area contributed by atoms with Crippen LogP contribution in [0.15, 0.2) is 53.7 Å². The number of pyridine rings is 1. The van der Waals surface area contributed by atoms with E-state index < -0.39 is 0 Å². The van der Waals surface area contributed by atoms with E-state index in [-0.39, 0.29) is 5.66 Å². The molecule has 0 aliphatic carbocycles. The zero-order chi connectivity index (χ0) is 13.6. The standard InChI is InChI=1S/C16H16N4/c1-16(14-8-4-5-9-17-14)19-13-7-3-2-6-12(13)15-18-10-11-20(15)16/h2-9,19H,10-11H2,1H3. The molecule has 2 aliphatic rings. The molecule has 2 aromatic rings.